The number of halogens is 2. The Hall–Kier alpha value is -1.85. The van der Waals surface area contributed by atoms with Crippen LogP contribution in [0.3, 0.4) is 0 Å². The van der Waals surface area contributed by atoms with Crippen LogP contribution in [-0.4, -0.2) is 15.7 Å². The van der Waals surface area contributed by atoms with Gasteiger partial charge in [0.1, 0.15) is 5.75 Å². The van der Waals surface area contributed by atoms with Crippen molar-refractivity contribution in [3.05, 3.63) is 56.4 Å². The standard InChI is InChI=1S/C14H12Cl2N2O3/c1-2-7-18-13(19)6-4-11(17-18)14(20)21-12-5-3-9(15)8-10(12)16/h3-6,8H,2,7H2,1H3. The van der Waals surface area contributed by atoms with Crippen molar-refractivity contribution in [2.24, 2.45) is 0 Å². The molecule has 5 nitrogen and oxygen atoms in total. The van der Waals surface area contributed by atoms with E-state index in [4.69, 9.17) is 27.9 Å². The number of carbonyl (C=O) groups excluding carboxylic acids is 1. The third kappa shape index (κ3) is 3.83. The zero-order valence-electron chi connectivity index (χ0n) is 11.2. The van der Waals surface area contributed by atoms with Crippen LogP contribution in [0.2, 0.25) is 10.0 Å². The predicted octanol–water partition coefficient (Wildman–Crippen LogP) is 3.18. The number of aryl methyl sites for hydroxylation is 1. The van der Waals surface area contributed by atoms with Gasteiger partial charge >= 0.3 is 5.97 Å². The predicted molar refractivity (Wildman–Crippen MR) is 80.2 cm³/mol. The summed E-state index contributed by atoms with van der Waals surface area (Å²) in [6.45, 7) is 2.34. The number of rotatable bonds is 4. The molecule has 0 radical (unpaired) electrons. The van der Waals surface area contributed by atoms with Gasteiger partial charge in [-0.05, 0) is 30.7 Å². The second kappa shape index (κ2) is 6.74. The monoisotopic (exact) mass is 326 g/mol. The van der Waals surface area contributed by atoms with Gasteiger partial charge in [0.2, 0.25) is 0 Å². The minimum absolute atomic E-state index is 0.0362. The van der Waals surface area contributed by atoms with E-state index < -0.39 is 5.97 Å². The fraction of sp³-hybridized carbons (Fsp3) is 0.214. The van der Waals surface area contributed by atoms with Crippen LogP contribution in [-0.2, 0) is 6.54 Å². The molecule has 21 heavy (non-hydrogen) atoms. The maximum absolute atomic E-state index is 12.0. The molecule has 1 heterocycles. The summed E-state index contributed by atoms with van der Waals surface area (Å²) in [5.74, 6) is -0.509. The van der Waals surface area contributed by atoms with Crippen molar-refractivity contribution in [3.8, 4) is 5.75 Å². The van der Waals surface area contributed by atoms with Gasteiger partial charge in [-0.3, -0.25) is 4.79 Å². The van der Waals surface area contributed by atoms with Gasteiger partial charge < -0.3 is 4.74 Å². The minimum Gasteiger partial charge on any atom is -0.420 e. The highest BCUT2D eigenvalue weighted by Gasteiger charge is 2.14. The highest BCUT2D eigenvalue weighted by Crippen LogP contribution is 2.27. The highest BCUT2D eigenvalue weighted by atomic mass is 35.5. The summed E-state index contributed by atoms with van der Waals surface area (Å²) >= 11 is 11.7. The number of carbonyl (C=O) groups is 1. The number of nitrogens with zero attached hydrogens (tertiary/aromatic N) is 2. The van der Waals surface area contributed by atoms with E-state index in [2.05, 4.69) is 5.10 Å². The first-order chi connectivity index (χ1) is 10.0. The second-order valence-electron chi connectivity index (χ2n) is 4.24. The van der Waals surface area contributed by atoms with Crippen LogP contribution in [0.5, 0.6) is 5.75 Å². The molecule has 0 unspecified atom stereocenters. The molecule has 0 spiro atoms. The van der Waals surface area contributed by atoms with Gasteiger partial charge in [0.15, 0.2) is 5.69 Å². The highest BCUT2D eigenvalue weighted by molar-refractivity contribution is 6.35. The average Bonchev–Trinajstić information content (AvgIpc) is 2.44. The Morgan fingerprint density at radius 3 is 2.71 bits per heavy atom. The molecule has 0 N–H and O–H groups in total. The first-order valence-corrected chi connectivity index (χ1v) is 7.02. The van der Waals surface area contributed by atoms with Gasteiger partial charge in [-0.2, -0.15) is 5.10 Å². The van der Waals surface area contributed by atoms with E-state index in [0.717, 1.165) is 6.42 Å². The quantitative estimate of drug-likeness (QED) is 0.639. The molecule has 0 amide bonds. The molecule has 7 heteroatoms. The van der Waals surface area contributed by atoms with E-state index >= 15 is 0 Å². The smallest absolute Gasteiger partial charge is 0.364 e. The second-order valence-corrected chi connectivity index (χ2v) is 5.09. The van der Waals surface area contributed by atoms with Crippen molar-refractivity contribution in [2.45, 2.75) is 19.9 Å². The van der Waals surface area contributed by atoms with Gasteiger partial charge in [-0.15, -0.1) is 0 Å². The molecular weight excluding hydrogens is 315 g/mol. The molecular formula is C14H12Cl2N2O3. The number of hydrogen-bond donors (Lipinski definition) is 0. The van der Waals surface area contributed by atoms with Gasteiger partial charge in [0.05, 0.1) is 5.02 Å². The Balaban J connectivity index is 2.24. The maximum atomic E-state index is 12.0. The molecule has 0 saturated heterocycles. The van der Waals surface area contributed by atoms with Gasteiger partial charge in [0, 0.05) is 17.6 Å². The van der Waals surface area contributed by atoms with Crippen LogP contribution < -0.4 is 10.3 Å². The van der Waals surface area contributed by atoms with Crippen LogP contribution >= 0.6 is 23.2 Å². The largest absolute Gasteiger partial charge is 0.420 e. The van der Waals surface area contributed by atoms with E-state index in [1.807, 2.05) is 6.92 Å². The van der Waals surface area contributed by atoms with Crippen molar-refractivity contribution >= 4 is 29.2 Å². The molecule has 0 bridgehead atoms. The summed E-state index contributed by atoms with van der Waals surface area (Å²) < 4.78 is 6.37. The molecule has 1 aromatic heterocycles. The molecule has 2 aromatic rings. The number of esters is 1. The van der Waals surface area contributed by atoms with E-state index in [1.54, 1.807) is 6.07 Å². The lowest BCUT2D eigenvalue weighted by molar-refractivity contribution is 0.0725. The van der Waals surface area contributed by atoms with Crippen LogP contribution in [0, 0.1) is 0 Å². The SMILES string of the molecule is CCCn1nc(C(=O)Oc2ccc(Cl)cc2Cl)ccc1=O. The third-order valence-electron chi connectivity index (χ3n) is 2.61. The van der Waals surface area contributed by atoms with E-state index in [0.29, 0.717) is 11.6 Å². The Morgan fingerprint density at radius 1 is 1.29 bits per heavy atom. The fourth-order valence-corrected chi connectivity index (χ4v) is 2.09. The summed E-state index contributed by atoms with van der Waals surface area (Å²) in [6.07, 6.45) is 0.731. The zero-order valence-corrected chi connectivity index (χ0v) is 12.7. The van der Waals surface area contributed by atoms with Gasteiger partial charge in [-0.1, -0.05) is 30.1 Å². The molecule has 0 saturated carbocycles. The zero-order chi connectivity index (χ0) is 15.4. The molecule has 110 valence electrons. The Kier molecular flexibility index (Phi) is 4.98. The topological polar surface area (TPSA) is 61.2 Å². The van der Waals surface area contributed by atoms with E-state index in [1.165, 1.54) is 28.9 Å². The lowest BCUT2D eigenvalue weighted by atomic mass is 10.3. The molecule has 0 aliphatic rings. The van der Waals surface area contributed by atoms with Crippen molar-refractivity contribution in [1.82, 2.24) is 9.78 Å². The Morgan fingerprint density at radius 2 is 2.05 bits per heavy atom. The van der Waals surface area contributed by atoms with Crippen LogP contribution in [0.15, 0.2) is 35.1 Å². The van der Waals surface area contributed by atoms with E-state index in [9.17, 15) is 9.59 Å². The average molecular weight is 327 g/mol. The van der Waals surface area contributed by atoms with E-state index in [-0.39, 0.29) is 22.0 Å². The number of hydrogen-bond acceptors (Lipinski definition) is 4. The summed E-state index contributed by atoms with van der Waals surface area (Å²) in [5, 5.41) is 4.63. The van der Waals surface area contributed by atoms with Crippen molar-refractivity contribution < 1.29 is 9.53 Å². The molecule has 1 aromatic carbocycles. The number of ether oxygens (including phenoxy) is 1. The lowest BCUT2D eigenvalue weighted by Gasteiger charge is -2.07. The molecule has 2 rings (SSSR count). The molecule has 0 fully saturated rings. The van der Waals surface area contributed by atoms with Crippen molar-refractivity contribution in [2.75, 3.05) is 0 Å². The minimum atomic E-state index is -0.691. The van der Waals surface area contributed by atoms with Crippen molar-refractivity contribution in [3.63, 3.8) is 0 Å². The third-order valence-corrected chi connectivity index (χ3v) is 3.14. The number of benzene rings is 1. The molecule has 0 atom stereocenters. The summed E-state index contributed by atoms with van der Waals surface area (Å²) in [5.41, 5.74) is -0.230. The molecule has 0 aliphatic carbocycles. The first-order valence-electron chi connectivity index (χ1n) is 6.26. The van der Waals surface area contributed by atoms with Crippen molar-refractivity contribution in [1.29, 1.82) is 0 Å². The van der Waals surface area contributed by atoms with Crippen LogP contribution in [0.4, 0.5) is 0 Å². The summed E-state index contributed by atoms with van der Waals surface area (Å²) in [6, 6.07) is 7.12. The van der Waals surface area contributed by atoms with Crippen LogP contribution in [0.1, 0.15) is 23.8 Å². The Labute approximate surface area is 131 Å². The summed E-state index contributed by atoms with van der Waals surface area (Å²) in [7, 11) is 0. The number of aromatic nitrogens is 2. The normalized spacial score (nSPS) is 10.4. The summed E-state index contributed by atoms with van der Waals surface area (Å²) in [4.78, 5) is 23.6. The molecule has 0 aliphatic heterocycles. The maximum Gasteiger partial charge on any atom is 0.364 e. The Bertz CT molecular complexity index is 728. The van der Waals surface area contributed by atoms with Gasteiger partial charge in [0.25, 0.3) is 5.56 Å². The van der Waals surface area contributed by atoms with Crippen LogP contribution in [0.25, 0.3) is 0 Å². The van der Waals surface area contributed by atoms with Gasteiger partial charge in [-0.25, -0.2) is 9.48 Å². The first kappa shape index (κ1) is 15.5. The fourth-order valence-electron chi connectivity index (χ4n) is 1.64. The lowest BCUT2D eigenvalue weighted by Crippen LogP contribution is -2.25.